The second kappa shape index (κ2) is 5.73. The first-order valence-corrected chi connectivity index (χ1v) is 5.28. The summed E-state index contributed by atoms with van der Waals surface area (Å²) in [6.45, 7) is 0.842. The first-order chi connectivity index (χ1) is 7.13. The molecule has 0 aliphatic carbocycles. The Morgan fingerprint density at radius 3 is 2.67 bits per heavy atom. The molecule has 82 valence electrons. The zero-order valence-corrected chi connectivity index (χ0v) is 9.83. The van der Waals surface area contributed by atoms with Gasteiger partial charge >= 0.3 is 0 Å². The minimum Gasteiger partial charge on any atom is -0.386 e. The molecule has 0 atom stereocenters. The standard InChI is InChI=1S/C11H16ClN3/c1-15(2)8-9-5-3-4-6-10(9)14-11(13)7-12/h3-6H,7-8H2,1-2H3,(H2,13,14). The van der Waals surface area contributed by atoms with E-state index < -0.39 is 0 Å². The van der Waals surface area contributed by atoms with Gasteiger partial charge in [0.05, 0.1) is 11.6 Å². The highest BCUT2D eigenvalue weighted by Crippen LogP contribution is 2.19. The highest BCUT2D eigenvalue weighted by Gasteiger charge is 2.02. The quantitative estimate of drug-likeness (QED) is 0.484. The van der Waals surface area contributed by atoms with E-state index >= 15 is 0 Å². The molecule has 0 bridgehead atoms. The second-order valence-corrected chi connectivity index (χ2v) is 3.87. The fraction of sp³-hybridized carbons (Fsp3) is 0.364. The summed E-state index contributed by atoms with van der Waals surface area (Å²) in [6, 6.07) is 7.92. The minimum atomic E-state index is 0.260. The molecule has 0 amide bonds. The normalized spacial score (nSPS) is 12.1. The number of hydrogen-bond donors (Lipinski definition) is 1. The van der Waals surface area contributed by atoms with Crippen molar-refractivity contribution in [3.8, 4) is 0 Å². The number of nitrogens with two attached hydrogens (primary N) is 1. The van der Waals surface area contributed by atoms with Gasteiger partial charge in [-0.1, -0.05) is 18.2 Å². The molecule has 0 unspecified atom stereocenters. The van der Waals surface area contributed by atoms with Crippen LogP contribution in [0.2, 0.25) is 0 Å². The maximum atomic E-state index is 5.61. The fourth-order valence-electron chi connectivity index (χ4n) is 1.28. The van der Waals surface area contributed by atoms with Gasteiger partial charge in [0.1, 0.15) is 5.84 Å². The topological polar surface area (TPSA) is 41.6 Å². The van der Waals surface area contributed by atoms with E-state index in [0.717, 1.165) is 17.8 Å². The van der Waals surface area contributed by atoms with E-state index in [1.54, 1.807) is 0 Å². The molecule has 15 heavy (non-hydrogen) atoms. The second-order valence-electron chi connectivity index (χ2n) is 3.60. The van der Waals surface area contributed by atoms with Crippen LogP contribution in [0.25, 0.3) is 0 Å². The molecule has 0 aliphatic rings. The van der Waals surface area contributed by atoms with Crippen molar-refractivity contribution in [2.24, 2.45) is 10.7 Å². The van der Waals surface area contributed by atoms with Crippen LogP contribution in [-0.2, 0) is 6.54 Å². The number of benzene rings is 1. The summed E-state index contributed by atoms with van der Waals surface area (Å²) in [5, 5.41) is 0. The molecule has 0 saturated carbocycles. The van der Waals surface area contributed by atoms with Crippen LogP contribution >= 0.6 is 11.6 Å². The Balaban J connectivity index is 2.96. The summed E-state index contributed by atoms with van der Waals surface area (Å²) in [5.41, 5.74) is 7.65. The Morgan fingerprint density at radius 1 is 1.40 bits per heavy atom. The number of hydrogen-bond acceptors (Lipinski definition) is 2. The molecule has 0 saturated heterocycles. The van der Waals surface area contributed by atoms with Gasteiger partial charge in [0, 0.05) is 6.54 Å². The molecule has 0 radical (unpaired) electrons. The van der Waals surface area contributed by atoms with E-state index in [1.165, 1.54) is 0 Å². The third-order valence-corrected chi connectivity index (χ3v) is 2.15. The highest BCUT2D eigenvalue weighted by molar-refractivity contribution is 6.28. The van der Waals surface area contributed by atoms with Crippen molar-refractivity contribution in [1.29, 1.82) is 0 Å². The Bertz CT molecular complexity index is 347. The summed E-state index contributed by atoms with van der Waals surface area (Å²) < 4.78 is 0. The lowest BCUT2D eigenvalue weighted by molar-refractivity contribution is 0.403. The predicted molar refractivity (Wildman–Crippen MR) is 65.8 cm³/mol. The molecule has 1 aromatic carbocycles. The molecular formula is C11H16ClN3. The smallest absolute Gasteiger partial charge is 0.115 e. The van der Waals surface area contributed by atoms with Crippen LogP contribution in [0.4, 0.5) is 5.69 Å². The van der Waals surface area contributed by atoms with Crippen molar-refractivity contribution in [3.05, 3.63) is 29.8 Å². The van der Waals surface area contributed by atoms with Crippen LogP contribution in [0.15, 0.2) is 29.3 Å². The van der Waals surface area contributed by atoms with Crippen LogP contribution in [0.5, 0.6) is 0 Å². The SMILES string of the molecule is CN(C)Cc1ccccc1N=C(N)CCl. The van der Waals surface area contributed by atoms with Crippen molar-refractivity contribution in [2.45, 2.75) is 6.54 Å². The number of rotatable bonds is 4. The fourth-order valence-corrected chi connectivity index (χ4v) is 1.34. The average molecular weight is 226 g/mol. The largest absolute Gasteiger partial charge is 0.386 e. The number of halogens is 1. The van der Waals surface area contributed by atoms with Crippen molar-refractivity contribution in [3.63, 3.8) is 0 Å². The van der Waals surface area contributed by atoms with E-state index in [2.05, 4.69) is 9.89 Å². The summed E-state index contributed by atoms with van der Waals surface area (Å²) >= 11 is 5.59. The Labute approximate surface area is 95.6 Å². The summed E-state index contributed by atoms with van der Waals surface area (Å²) in [4.78, 5) is 6.35. The number of para-hydroxylation sites is 1. The summed E-state index contributed by atoms with van der Waals surface area (Å²) in [5.74, 6) is 0.707. The van der Waals surface area contributed by atoms with E-state index in [4.69, 9.17) is 17.3 Å². The predicted octanol–water partition coefficient (Wildman–Crippen LogP) is 1.98. The molecule has 0 spiro atoms. The molecule has 1 aromatic rings. The number of alkyl halides is 1. The van der Waals surface area contributed by atoms with Crippen molar-refractivity contribution >= 4 is 23.1 Å². The number of aliphatic imine (C=N–C) groups is 1. The third-order valence-electron chi connectivity index (χ3n) is 1.88. The van der Waals surface area contributed by atoms with Crippen LogP contribution in [0.3, 0.4) is 0 Å². The van der Waals surface area contributed by atoms with E-state index in [9.17, 15) is 0 Å². The highest BCUT2D eigenvalue weighted by atomic mass is 35.5. The molecule has 0 fully saturated rings. The monoisotopic (exact) mass is 225 g/mol. The molecule has 3 nitrogen and oxygen atoms in total. The van der Waals surface area contributed by atoms with Gasteiger partial charge in [-0.05, 0) is 25.7 Å². The summed E-state index contributed by atoms with van der Waals surface area (Å²) in [6.07, 6.45) is 0. The van der Waals surface area contributed by atoms with Gasteiger partial charge in [-0.2, -0.15) is 0 Å². The lowest BCUT2D eigenvalue weighted by atomic mass is 10.2. The first kappa shape index (κ1) is 12.0. The molecular weight excluding hydrogens is 210 g/mol. The van der Waals surface area contributed by atoms with Gasteiger partial charge in [0.15, 0.2) is 0 Å². The maximum absolute atomic E-state index is 5.61. The number of amidine groups is 1. The molecule has 1 rings (SSSR count). The minimum absolute atomic E-state index is 0.260. The zero-order valence-electron chi connectivity index (χ0n) is 9.07. The molecule has 0 aromatic heterocycles. The van der Waals surface area contributed by atoms with E-state index in [1.807, 2.05) is 38.4 Å². The third kappa shape index (κ3) is 3.90. The molecule has 0 heterocycles. The molecule has 4 heteroatoms. The van der Waals surface area contributed by atoms with Crippen LogP contribution in [0.1, 0.15) is 5.56 Å². The number of nitrogens with zero attached hydrogens (tertiary/aromatic N) is 2. The lowest BCUT2D eigenvalue weighted by Crippen LogP contribution is -2.14. The van der Waals surface area contributed by atoms with Crippen LogP contribution in [0, 0.1) is 0 Å². The van der Waals surface area contributed by atoms with Gasteiger partial charge in [0.25, 0.3) is 0 Å². The first-order valence-electron chi connectivity index (χ1n) is 4.75. The maximum Gasteiger partial charge on any atom is 0.115 e. The Morgan fingerprint density at radius 2 is 2.07 bits per heavy atom. The zero-order chi connectivity index (χ0) is 11.3. The van der Waals surface area contributed by atoms with Crippen LogP contribution < -0.4 is 5.73 Å². The van der Waals surface area contributed by atoms with Gasteiger partial charge < -0.3 is 10.6 Å². The van der Waals surface area contributed by atoms with Gasteiger partial charge in [-0.15, -0.1) is 11.6 Å². The molecule has 2 N–H and O–H groups in total. The van der Waals surface area contributed by atoms with Gasteiger partial charge in [-0.3, -0.25) is 0 Å². The van der Waals surface area contributed by atoms with Gasteiger partial charge in [0.2, 0.25) is 0 Å². The Hall–Kier alpha value is -1.06. The summed E-state index contributed by atoms with van der Waals surface area (Å²) in [7, 11) is 4.04. The average Bonchev–Trinajstić information content (AvgIpc) is 2.20. The van der Waals surface area contributed by atoms with E-state index in [0.29, 0.717) is 5.84 Å². The lowest BCUT2D eigenvalue weighted by Gasteiger charge is -2.11. The van der Waals surface area contributed by atoms with Gasteiger partial charge in [-0.25, -0.2) is 4.99 Å². The van der Waals surface area contributed by atoms with Crippen molar-refractivity contribution < 1.29 is 0 Å². The van der Waals surface area contributed by atoms with E-state index in [-0.39, 0.29) is 5.88 Å². The van der Waals surface area contributed by atoms with Crippen molar-refractivity contribution in [2.75, 3.05) is 20.0 Å². The molecule has 0 aliphatic heterocycles. The van der Waals surface area contributed by atoms with Crippen LogP contribution in [-0.4, -0.2) is 30.7 Å². The van der Waals surface area contributed by atoms with Crippen molar-refractivity contribution in [1.82, 2.24) is 4.90 Å². The Kier molecular flexibility index (Phi) is 4.59.